The Balaban J connectivity index is 3.03. The predicted molar refractivity (Wildman–Crippen MR) is 49.7 cm³/mol. The van der Waals surface area contributed by atoms with Crippen molar-refractivity contribution in [2.45, 2.75) is 12.5 Å². The molecular formula is C10H11FN2O. The first-order valence-electron chi connectivity index (χ1n) is 4.25. The molecule has 3 nitrogen and oxygen atoms in total. The van der Waals surface area contributed by atoms with E-state index in [-0.39, 0.29) is 12.2 Å². The molecule has 0 aliphatic heterocycles. The highest BCUT2D eigenvalue weighted by Crippen LogP contribution is 2.19. The Morgan fingerprint density at radius 2 is 2.29 bits per heavy atom. The maximum absolute atomic E-state index is 12.7. The van der Waals surface area contributed by atoms with E-state index in [1.807, 2.05) is 6.07 Å². The highest BCUT2D eigenvalue weighted by molar-refractivity contribution is 5.39. The van der Waals surface area contributed by atoms with Crippen LogP contribution >= 0.6 is 0 Å². The zero-order chi connectivity index (χ0) is 10.6. The minimum Gasteiger partial charge on any atom is -0.396 e. The summed E-state index contributed by atoms with van der Waals surface area (Å²) >= 11 is 0. The third kappa shape index (κ3) is 2.28. The van der Waals surface area contributed by atoms with Gasteiger partial charge in [-0.15, -0.1) is 0 Å². The predicted octanol–water partition coefficient (Wildman–Crippen LogP) is 1.08. The van der Waals surface area contributed by atoms with Crippen LogP contribution < -0.4 is 5.73 Å². The van der Waals surface area contributed by atoms with Crippen LogP contribution in [-0.2, 0) is 0 Å². The molecule has 0 spiro atoms. The number of benzene rings is 1. The molecule has 14 heavy (non-hydrogen) atoms. The van der Waals surface area contributed by atoms with Gasteiger partial charge in [-0.05, 0) is 24.1 Å². The van der Waals surface area contributed by atoms with Crippen molar-refractivity contribution in [1.82, 2.24) is 0 Å². The smallest absolute Gasteiger partial charge is 0.124 e. The van der Waals surface area contributed by atoms with E-state index < -0.39 is 11.9 Å². The molecule has 0 saturated heterocycles. The standard InChI is InChI=1S/C10H11FN2O/c11-8-1-2-9(7(5-8)6-12)10(13)3-4-14/h1-2,5,10,14H,3-4,13H2/t10-/m1/s1. The van der Waals surface area contributed by atoms with E-state index >= 15 is 0 Å². The first kappa shape index (κ1) is 10.6. The van der Waals surface area contributed by atoms with Crippen molar-refractivity contribution < 1.29 is 9.50 Å². The van der Waals surface area contributed by atoms with Crippen molar-refractivity contribution in [2.24, 2.45) is 5.73 Å². The Labute approximate surface area is 81.6 Å². The Morgan fingerprint density at radius 1 is 1.57 bits per heavy atom. The van der Waals surface area contributed by atoms with Gasteiger partial charge in [-0.25, -0.2) is 4.39 Å². The van der Waals surface area contributed by atoms with E-state index in [2.05, 4.69) is 0 Å². The fourth-order valence-electron chi connectivity index (χ4n) is 1.24. The fourth-order valence-corrected chi connectivity index (χ4v) is 1.24. The van der Waals surface area contributed by atoms with E-state index in [0.29, 0.717) is 12.0 Å². The highest BCUT2D eigenvalue weighted by Gasteiger charge is 2.10. The van der Waals surface area contributed by atoms with E-state index in [9.17, 15) is 4.39 Å². The molecule has 0 heterocycles. The van der Waals surface area contributed by atoms with Crippen molar-refractivity contribution in [2.75, 3.05) is 6.61 Å². The summed E-state index contributed by atoms with van der Waals surface area (Å²) < 4.78 is 12.7. The lowest BCUT2D eigenvalue weighted by Gasteiger charge is -2.11. The number of hydrogen-bond donors (Lipinski definition) is 2. The van der Waals surface area contributed by atoms with Crippen LogP contribution in [0.25, 0.3) is 0 Å². The van der Waals surface area contributed by atoms with Gasteiger partial charge in [-0.3, -0.25) is 0 Å². The summed E-state index contributed by atoms with van der Waals surface area (Å²) in [5.74, 6) is -0.457. The molecule has 1 rings (SSSR count). The molecule has 1 atom stereocenters. The van der Waals surface area contributed by atoms with Gasteiger partial charge in [0.2, 0.25) is 0 Å². The first-order chi connectivity index (χ1) is 6.69. The van der Waals surface area contributed by atoms with Gasteiger partial charge < -0.3 is 10.8 Å². The quantitative estimate of drug-likeness (QED) is 0.756. The van der Waals surface area contributed by atoms with Crippen molar-refractivity contribution >= 4 is 0 Å². The third-order valence-corrected chi connectivity index (χ3v) is 1.98. The number of aliphatic hydroxyl groups excluding tert-OH is 1. The van der Waals surface area contributed by atoms with Crippen LogP contribution in [-0.4, -0.2) is 11.7 Å². The molecule has 0 amide bonds. The van der Waals surface area contributed by atoms with E-state index in [1.165, 1.54) is 12.1 Å². The lowest BCUT2D eigenvalue weighted by Crippen LogP contribution is -2.13. The van der Waals surface area contributed by atoms with E-state index in [1.54, 1.807) is 0 Å². The average molecular weight is 194 g/mol. The summed E-state index contributed by atoms with van der Waals surface area (Å²) in [6.45, 7) is -0.0522. The molecule has 1 aromatic carbocycles. The molecule has 0 bridgehead atoms. The van der Waals surface area contributed by atoms with Gasteiger partial charge in [0.15, 0.2) is 0 Å². The van der Waals surface area contributed by atoms with Crippen LogP contribution in [0.5, 0.6) is 0 Å². The van der Waals surface area contributed by atoms with Crippen molar-refractivity contribution in [1.29, 1.82) is 5.26 Å². The van der Waals surface area contributed by atoms with E-state index in [4.69, 9.17) is 16.1 Å². The molecule has 0 aliphatic carbocycles. The number of halogens is 1. The first-order valence-corrected chi connectivity index (χ1v) is 4.25. The van der Waals surface area contributed by atoms with Gasteiger partial charge >= 0.3 is 0 Å². The topological polar surface area (TPSA) is 70.0 Å². The molecule has 74 valence electrons. The third-order valence-electron chi connectivity index (χ3n) is 1.98. The molecule has 0 radical (unpaired) electrons. The minimum atomic E-state index is -0.457. The molecule has 1 aromatic rings. The Kier molecular flexibility index (Phi) is 3.57. The summed E-state index contributed by atoms with van der Waals surface area (Å²) in [4.78, 5) is 0. The van der Waals surface area contributed by atoms with Crippen LogP contribution in [0, 0.1) is 17.1 Å². The lowest BCUT2D eigenvalue weighted by molar-refractivity contribution is 0.276. The largest absolute Gasteiger partial charge is 0.396 e. The molecule has 0 saturated carbocycles. The van der Waals surface area contributed by atoms with Crippen molar-refractivity contribution in [3.8, 4) is 6.07 Å². The van der Waals surface area contributed by atoms with Crippen LogP contribution in [0.3, 0.4) is 0 Å². The van der Waals surface area contributed by atoms with Gasteiger partial charge in [0.05, 0.1) is 11.6 Å². The van der Waals surface area contributed by atoms with Gasteiger partial charge in [0.1, 0.15) is 5.82 Å². The summed E-state index contributed by atoms with van der Waals surface area (Å²) in [7, 11) is 0. The molecule has 0 fully saturated rings. The van der Waals surface area contributed by atoms with Gasteiger partial charge in [0, 0.05) is 12.6 Å². The molecular weight excluding hydrogens is 183 g/mol. The van der Waals surface area contributed by atoms with E-state index in [0.717, 1.165) is 6.07 Å². The molecule has 4 heteroatoms. The minimum absolute atomic E-state index is 0.0522. The van der Waals surface area contributed by atoms with Crippen LogP contribution in [0.4, 0.5) is 4.39 Å². The number of hydrogen-bond acceptors (Lipinski definition) is 3. The van der Waals surface area contributed by atoms with Gasteiger partial charge in [-0.1, -0.05) is 6.07 Å². The van der Waals surface area contributed by atoms with Gasteiger partial charge in [-0.2, -0.15) is 5.26 Å². The van der Waals surface area contributed by atoms with Crippen molar-refractivity contribution in [3.63, 3.8) is 0 Å². The highest BCUT2D eigenvalue weighted by atomic mass is 19.1. The van der Waals surface area contributed by atoms with Crippen LogP contribution in [0.2, 0.25) is 0 Å². The number of aliphatic hydroxyl groups is 1. The van der Waals surface area contributed by atoms with Crippen LogP contribution in [0.15, 0.2) is 18.2 Å². The van der Waals surface area contributed by atoms with Crippen LogP contribution in [0.1, 0.15) is 23.6 Å². The molecule has 0 aromatic heterocycles. The van der Waals surface area contributed by atoms with Crippen molar-refractivity contribution in [3.05, 3.63) is 35.1 Å². The normalized spacial score (nSPS) is 12.1. The number of rotatable bonds is 3. The second-order valence-electron chi connectivity index (χ2n) is 2.96. The molecule has 3 N–H and O–H groups in total. The fraction of sp³-hybridized carbons (Fsp3) is 0.300. The molecule has 0 aliphatic rings. The second-order valence-corrected chi connectivity index (χ2v) is 2.96. The number of nitrogens with zero attached hydrogens (tertiary/aromatic N) is 1. The zero-order valence-electron chi connectivity index (χ0n) is 7.57. The Hall–Kier alpha value is -1.44. The summed E-state index contributed by atoms with van der Waals surface area (Å²) in [5.41, 5.74) is 6.50. The Morgan fingerprint density at radius 3 is 2.86 bits per heavy atom. The number of nitriles is 1. The average Bonchev–Trinajstić information content (AvgIpc) is 2.17. The maximum atomic E-state index is 12.7. The second kappa shape index (κ2) is 4.70. The monoisotopic (exact) mass is 194 g/mol. The lowest BCUT2D eigenvalue weighted by atomic mass is 9.99. The maximum Gasteiger partial charge on any atom is 0.124 e. The Bertz CT molecular complexity index is 360. The summed E-state index contributed by atoms with van der Waals surface area (Å²) in [6, 6.07) is 5.34. The summed E-state index contributed by atoms with van der Waals surface area (Å²) in [6.07, 6.45) is 0.361. The molecule has 0 unspecified atom stereocenters. The zero-order valence-corrected chi connectivity index (χ0v) is 7.57. The SMILES string of the molecule is N#Cc1cc(F)ccc1[C@H](N)CCO. The van der Waals surface area contributed by atoms with Gasteiger partial charge in [0.25, 0.3) is 0 Å². The number of nitrogens with two attached hydrogens (primary N) is 1. The summed E-state index contributed by atoms with van der Waals surface area (Å²) in [5, 5.41) is 17.4.